The number of aliphatic hydroxyl groups excluding tert-OH is 1. The molecule has 0 bridgehead atoms. The Balaban J connectivity index is 2.20. The summed E-state index contributed by atoms with van der Waals surface area (Å²) in [5, 5.41) is 8.89. The van der Waals surface area contributed by atoms with Gasteiger partial charge in [-0.15, -0.1) is 11.3 Å². The van der Waals surface area contributed by atoms with Gasteiger partial charge in [-0.05, 0) is 24.3 Å². The van der Waals surface area contributed by atoms with Gasteiger partial charge in [-0.25, -0.2) is 8.78 Å². The van der Waals surface area contributed by atoms with Gasteiger partial charge in [-0.3, -0.25) is 0 Å². The largest absolute Gasteiger partial charge is 0.391 e. The molecule has 0 aliphatic carbocycles. The Kier molecular flexibility index (Phi) is 3.58. The van der Waals surface area contributed by atoms with Crippen LogP contribution in [0.4, 0.5) is 8.78 Å². The molecule has 1 aromatic heterocycles. The third-order valence-electron chi connectivity index (χ3n) is 1.90. The van der Waals surface area contributed by atoms with E-state index in [9.17, 15) is 8.78 Å². The molecule has 5 heteroatoms. The zero-order valence-electron chi connectivity index (χ0n) is 8.11. The van der Waals surface area contributed by atoms with Gasteiger partial charge < -0.3 is 5.11 Å². The molecule has 1 N–H and O–H groups in total. The van der Waals surface area contributed by atoms with E-state index in [2.05, 4.69) is 0 Å². The number of rotatable bonds is 3. The van der Waals surface area contributed by atoms with E-state index in [0.29, 0.717) is 4.90 Å². The minimum atomic E-state index is -0.580. The smallest absolute Gasteiger partial charge is 0.140 e. The Labute approximate surface area is 99.7 Å². The molecule has 1 nitrogen and oxygen atoms in total. The number of hydrogen-bond donors (Lipinski definition) is 1. The maximum Gasteiger partial charge on any atom is 0.140 e. The average molecular weight is 258 g/mol. The number of aliphatic hydroxyl groups is 1. The Morgan fingerprint density at radius 3 is 2.62 bits per heavy atom. The summed E-state index contributed by atoms with van der Waals surface area (Å²) in [6.45, 7) is -0.0167. The van der Waals surface area contributed by atoms with Crippen LogP contribution >= 0.6 is 23.1 Å². The van der Waals surface area contributed by atoms with Gasteiger partial charge in [0.05, 0.1) is 10.8 Å². The van der Waals surface area contributed by atoms with Crippen LogP contribution in [0.25, 0.3) is 0 Å². The molecule has 16 heavy (non-hydrogen) atoms. The third-order valence-corrected chi connectivity index (χ3v) is 4.15. The minimum absolute atomic E-state index is 0.0167. The lowest BCUT2D eigenvalue weighted by Crippen LogP contribution is -1.82. The van der Waals surface area contributed by atoms with Crippen molar-refractivity contribution in [1.29, 1.82) is 0 Å². The van der Waals surface area contributed by atoms with E-state index in [-0.39, 0.29) is 6.61 Å². The second-order valence-corrected chi connectivity index (χ2v) is 5.57. The van der Waals surface area contributed by atoms with Gasteiger partial charge in [0.1, 0.15) is 11.6 Å². The van der Waals surface area contributed by atoms with Gasteiger partial charge in [0.15, 0.2) is 0 Å². The van der Waals surface area contributed by atoms with E-state index in [1.54, 1.807) is 6.07 Å². The summed E-state index contributed by atoms with van der Waals surface area (Å²) >= 11 is 2.62. The molecule has 1 heterocycles. The van der Waals surface area contributed by atoms with E-state index < -0.39 is 11.6 Å². The molecule has 2 rings (SSSR count). The molecule has 1 aromatic carbocycles. The fourth-order valence-corrected chi connectivity index (χ4v) is 3.16. The summed E-state index contributed by atoms with van der Waals surface area (Å²) in [7, 11) is 0. The van der Waals surface area contributed by atoms with Crippen molar-refractivity contribution in [1.82, 2.24) is 0 Å². The van der Waals surface area contributed by atoms with Crippen LogP contribution in [0.5, 0.6) is 0 Å². The first-order chi connectivity index (χ1) is 7.69. The molecule has 0 saturated heterocycles. The summed E-state index contributed by atoms with van der Waals surface area (Å²) in [6, 6.07) is 7.10. The van der Waals surface area contributed by atoms with Gasteiger partial charge in [0.2, 0.25) is 0 Å². The molecule has 0 aliphatic rings. The molecule has 0 fully saturated rings. The third kappa shape index (κ3) is 2.61. The number of thiophene rings is 1. The standard InChI is InChI=1S/C11H8F2OS2/c12-7-1-3-10(9(13)5-7)16-11-4-2-8(6-14)15-11/h1-5,14H,6H2. The van der Waals surface area contributed by atoms with E-state index in [1.807, 2.05) is 6.07 Å². The van der Waals surface area contributed by atoms with Crippen molar-refractivity contribution in [3.05, 3.63) is 46.8 Å². The highest BCUT2D eigenvalue weighted by atomic mass is 32.2. The fraction of sp³-hybridized carbons (Fsp3) is 0.0909. The minimum Gasteiger partial charge on any atom is -0.391 e. The molecule has 0 unspecified atom stereocenters. The Hall–Kier alpha value is -0.910. The number of benzene rings is 1. The summed E-state index contributed by atoms with van der Waals surface area (Å²) in [6.07, 6.45) is 0. The molecule has 0 spiro atoms. The first kappa shape index (κ1) is 11.6. The highest BCUT2D eigenvalue weighted by Gasteiger charge is 2.07. The monoisotopic (exact) mass is 258 g/mol. The van der Waals surface area contributed by atoms with Gasteiger partial charge in [-0.1, -0.05) is 11.8 Å². The van der Waals surface area contributed by atoms with Crippen LogP contribution < -0.4 is 0 Å². The van der Waals surface area contributed by atoms with Gasteiger partial charge in [-0.2, -0.15) is 0 Å². The second-order valence-electron chi connectivity index (χ2n) is 3.06. The first-order valence-electron chi connectivity index (χ1n) is 4.51. The summed E-state index contributed by atoms with van der Waals surface area (Å²) < 4.78 is 26.9. The summed E-state index contributed by atoms with van der Waals surface area (Å²) in [5.41, 5.74) is 0. The summed E-state index contributed by atoms with van der Waals surface area (Å²) in [5.74, 6) is -1.15. The van der Waals surface area contributed by atoms with Gasteiger partial charge in [0, 0.05) is 15.8 Å². The maximum atomic E-state index is 13.3. The predicted octanol–water partition coefficient (Wildman–Crippen LogP) is 3.67. The van der Waals surface area contributed by atoms with Crippen LogP contribution in [0.2, 0.25) is 0 Å². The Bertz CT molecular complexity index is 496. The van der Waals surface area contributed by atoms with Crippen molar-refractivity contribution >= 4 is 23.1 Å². The maximum absolute atomic E-state index is 13.3. The van der Waals surface area contributed by atoms with Crippen molar-refractivity contribution < 1.29 is 13.9 Å². The van der Waals surface area contributed by atoms with Crippen molar-refractivity contribution in [3.63, 3.8) is 0 Å². The zero-order chi connectivity index (χ0) is 11.5. The highest BCUT2D eigenvalue weighted by Crippen LogP contribution is 2.34. The molecule has 0 radical (unpaired) electrons. The molecule has 0 saturated carbocycles. The van der Waals surface area contributed by atoms with Gasteiger partial charge in [0.25, 0.3) is 0 Å². The van der Waals surface area contributed by atoms with Crippen molar-refractivity contribution in [2.75, 3.05) is 0 Å². The summed E-state index contributed by atoms with van der Waals surface area (Å²) in [4.78, 5) is 1.21. The molecule has 84 valence electrons. The molecular formula is C11H8F2OS2. The lowest BCUT2D eigenvalue weighted by atomic mass is 10.3. The second kappa shape index (κ2) is 4.95. The van der Waals surface area contributed by atoms with Gasteiger partial charge >= 0.3 is 0 Å². The van der Waals surface area contributed by atoms with E-state index >= 15 is 0 Å². The average Bonchev–Trinajstić information content (AvgIpc) is 2.70. The van der Waals surface area contributed by atoms with Crippen molar-refractivity contribution in [2.24, 2.45) is 0 Å². The molecule has 0 amide bonds. The first-order valence-corrected chi connectivity index (χ1v) is 6.15. The molecular weight excluding hydrogens is 250 g/mol. The quantitative estimate of drug-likeness (QED) is 0.906. The van der Waals surface area contributed by atoms with Crippen LogP contribution in [0, 0.1) is 11.6 Å². The van der Waals surface area contributed by atoms with Crippen LogP contribution in [0.1, 0.15) is 4.88 Å². The van der Waals surface area contributed by atoms with Crippen molar-refractivity contribution in [3.8, 4) is 0 Å². The van der Waals surface area contributed by atoms with Crippen LogP contribution in [0.3, 0.4) is 0 Å². The zero-order valence-corrected chi connectivity index (χ0v) is 9.75. The van der Waals surface area contributed by atoms with Crippen LogP contribution in [-0.4, -0.2) is 5.11 Å². The number of hydrogen-bond acceptors (Lipinski definition) is 3. The Morgan fingerprint density at radius 2 is 2.00 bits per heavy atom. The van der Waals surface area contributed by atoms with E-state index in [4.69, 9.17) is 5.11 Å². The highest BCUT2D eigenvalue weighted by molar-refractivity contribution is 8.01. The van der Waals surface area contributed by atoms with Crippen LogP contribution in [0.15, 0.2) is 39.4 Å². The predicted molar refractivity (Wildman–Crippen MR) is 60.7 cm³/mol. The topological polar surface area (TPSA) is 20.2 Å². The lowest BCUT2D eigenvalue weighted by molar-refractivity contribution is 0.285. The molecule has 0 atom stereocenters. The molecule has 2 aromatic rings. The van der Waals surface area contributed by atoms with Crippen molar-refractivity contribution in [2.45, 2.75) is 15.7 Å². The van der Waals surface area contributed by atoms with E-state index in [1.165, 1.54) is 35.2 Å². The lowest BCUT2D eigenvalue weighted by Gasteiger charge is -2.00. The van der Waals surface area contributed by atoms with Crippen LogP contribution in [-0.2, 0) is 6.61 Å². The number of halogens is 2. The Morgan fingerprint density at radius 1 is 1.19 bits per heavy atom. The van der Waals surface area contributed by atoms with E-state index in [0.717, 1.165) is 15.2 Å². The molecule has 0 aliphatic heterocycles. The fourth-order valence-electron chi connectivity index (χ4n) is 1.16. The normalized spacial score (nSPS) is 10.7. The SMILES string of the molecule is OCc1ccc(Sc2ccc(F)cc2F)s1.